The van der Waals surface area contributed by atoms with Crippen LogP contribution in [0.2, 0.25) is 0 Å². The number of carbonyl (C=O) groups is 1. The van der Waals surface area contributed by atoms with Crippen LogP contribution in [0.25, 0.3) is 11.3 Å². The monoisotopic (exact) mass is 500 g/mol. The van der Waals surface area contributed by atoms with E-state index in [1.807, 2.05) is 6.07 Å². The molecule has 0 aliphatic heterocycles. The van der Waals surface area contributed by atoms with Crippen molar-refractivity contribution in [2.75, 3.05) is 6.26 Å². The van der Waals surface area contributed by atoms with Gasteiger partial charge in [0.25, 0.3) is 0 Å². The average Bonchev–Trinajstić information content (AvgIpc) is 2.79. The number of rotatable bonds is 6. The van der Waals surface area contributed by atoms with Crippen LogP contribution in [-0.2, 0) is 17.2 Å². The van der Waals surface area contributed by atoms with Crippen LogP contribution < -0.4 is 0 Å². The SMILES string of the molecule is C[C@@H]1CC(c2ccncc2CC(=O)c2ccc(F)c(-c3c(F)cc([S@@](C)=O)cc3F)n2)C[C@H](C)C1. The molecule has 1 unspecified atom stereocenters. The summed E-state index contributed by atoms with van der Waals surface area (Å²) in [4.78, 5) is 21.3. The number of carbonyl (C=O) groups excluding carboxylic acids is 1. The molecule has 0 amide bonds. The van der Waals surface area contributed by atoms with Crippen LogP contribution in [0.5, 0.6) is 0 Å². The first kappa shape index (κ1) is 25.2. The van der Waals surface area contributed by atoms with Gasteiger partial charge in [-0.3, -0.25) is 14.0 Å². The number of ketones is 1. The Morgan fingerprint density at radius 1 is 1.00 bits per heavy atom. The zero-order chi connectivity index (χ0) is 25.3. The van der Waals surface area contributed by atoms with Crippen LogP contribution in [0.3, 0.4) is 0 Å². The summed E-state index contributed by atoms with van der Waals surface area (Å²) in [5.41, 5.74) is 0.473. The zero-order valence-electron chi connectivity index (χ0n) is 19.9. The van der Waals surface area contributed by atoms with Crippen molar-refractivity contribution in [3.8, 4) is 11.3 Å². The predicted octanol–water partition coefficient (Wildman–Crippen LogP) is 6.26. The summed E-state index contributed by atoms with van der Waals surface area (Å²) in [6.07, 6.45) is 7.93. The van der Waals surface area contributed by atoms with Gasteiger partial charge in [0.2, 0.25) is 0 Å². The number of aromatic nitrogens is 2. The molecule has 0 bridgehead atoms. The summed E-state index contributed by atoms with van der Waals surface area (Å²) in [5.74, 6) is -2.06. The maximum atomic E-state index is 14.7. The van der Waals surface area contributed by atoms with Gasteiger partial charge in [-0.2, -0.15) is 0 Å². The van der Waals surface area contributed by atoms with Gasteiger partial charge < -0.3 is 0 Å². The molecule has 2 heterocycles. The van der Waals surface area contributed by atoms with Gasteiger partial charge in [0.1, 0.15) is 28.8 Å². The fraction of sp³-hybridized carbons (Fsp3) is 0.370. The summed E-state index contributed by atoms with van der Waals surface area (Å²) >= 11 is 0. The van der Waals surface area contributed by atoms with Crippen molar-refractivity contribution < 1.29 is 22.2 Å². The Bertz CT molecular complexity index is 1260. The second-order valence-electron chi connectivity index (χ2n) is 9.53. The second kappa shape index (κ2) is 10.4. The van der Waals surface area contributed by atoms with Crippen molar-refractivity contribution in [1.82, 2.24) is 9.97 Å². The van der Waals surface area contributed by atoms with E-state index in [2.05, 4.69) is 23.8 Å². The van der Waals surface area contributed by atoms with E-state index in [1.165, 1.54) is 18.7 Å². The van der Waals surface area contributed by atoms with Gasteiger partial charge in [-0.25, -0.2) is 18.2 Å². The number of benzene rings is 1. The number of Topliss-reactive ketones (excluding diaryl/α,β-unsaturated/α-hetero) is 1. The molecular formula is C27H27F3N2O2S. The summed E-state index contributed by atoms with van der Waals surface area (Å²) in [6.45, 7) is 4.48. The molecule has 184 valence electrons. The van der Waals surface area contributed by atoms with Crippen molar-refractivity contribution in [3.63, 3.8) is 0 Å². The molecule has 4 rings (SSSR count). The van der Waals surface area contributed by atoms with E-state index < -0.39 is 45.3 Å². The minimum atomic E-state index is -1.62. The van der Waals surface area contributed by atoms with Crippen molar-refractivity contribution >= 4 is 16.6 Å². The van der Waals surface area contributed by atoms with Crippen molar-refractivity contribution in [2.24, 2.45) is 11.8 Å². The quantitative estimate of drug-likeness (QED) is 0.375. The summed E-state index contributed by atoms with van der Waals surface area (Å²) in [5, 5.41) is 0. The van der Waals surface area contributed by atoms with Crippen LogP contribution in [0, 0.1) is 29.3 Å². The van der Waals surface area contributed by atoms with Gasteiger partial charge in [0.05, 0.1) is 5.56 Å². The average molecular weight is 501 g/mol. The Morgan fingerprint density at radius 2 is 1.66 bits per heavy atom. The summed E-state index contributed by atoms with van der Waals surface area (Å²) < 4.78 is 55.5. The highest BCUT2D eigenvalue weighted by Gasteiger charge is 2.27. The van der Waals surface area contributed by atoms with Crippen molar-refractivity contribution in [2.45, 2.75) is 50.3 Å². The van der Waals surface area contributed by atoms with Crippen molar-refractivity contribution in [3.05, 3.63) is 77.0 Å². The Kier molecular flexibility index (Phi) is 7.50. The Morgan fingerprint density at radius 3 is 2.29 bits per heavy atom. The molecule has 0 radical (unpaired) electrons. The van der Waals surface area contributed by atoms with E-state index in [9.17, 15) is 22.2 Å². The predicted molar refractivity (Wildman–Crippen MR) is 129 cm³/mol. The highest BCUT2D eigenvalue weighted by molar-refractivity contribution is 7.84. The minimum Gasteiger partial charge on any atom is -0.292 e. The van der Waals surface area contributed by atoms with Crippen LogP contribution in [-0.4, -0.2) is 26.2 Å². The van der Waals surface area contributed by atoms with Crippen LogP contribution in [0.1, 0.15) is 60.6 Å². The van der Waals surface area contributed by atoms with Crippen molar-refractivity contribution in [1.29, 1.82) is 0 Å². The molecule has 0 N–H and O–H groups in total. The first-order valence-corrected chi connectivity index (χ1v) is 13.1. The summed E-state index contributed by atoms with van der Waals surface area (Å²) in [7, 11) is -1.62. The zero-order valence-corrected chi connectivity index (χ0v) is 20.7. The Hall–Kier alpha value is -2.87. The molecular weight excluding hydrogens is 473 g/mol. The lowest BCUT2D eigenvalue weighted by molar-refractivity contribution is 0.0987. The number of halogens is 3. The lowest BCUT2D eigenvalue weighted by Gasteiger charge is -2.32. The van der Waals surface area contributed by atoms with Gasteiger partial charge in [-0.05, 0) is 78.5 Å². The molecule has 1 saturated carbocycles. The molecule has 4 atom stereocenters. The largest absolute Gasteiger partial charge is 0.292 e. The third-order valence-corrected chi connectivity index (χ3v) is 7.53. The van der Waals surface area contributed by atoms with Gasteiger partial charge in [0.15, 0.2) is 5.78 Å². The van der Waals surface area contributed by atoms with Crippen LogP contribution >= 0.6 is 0 Å². The van der Waals surface area contributed by atoms with E-state index in [0.29, 0.717) is 17.8 Å². The van der Waals surface area contributed by atoms with E-state index in [4.69, 9.17) is 0 Å². The molecule has 8 heteroatoms. The number of nitrogens with zero attached hydrogens (tertiary/aromatic N) is 2. The molecule has 4 nitrogen and oxygen atoms in total. The Balaban J connectivity index is 1.65. The minimum absolute atomic E-state index is 0.000768. The standard InChI is InChI=1S/C27H27F3N2O2S/c1-15-8-16(2)10-17(9-15)20-6-7-31-14-18(20)11-25(33)24-5-4-21(28)27(32-24)26-22(29)12-19(35(3)34)13-23(26)30/h4-7,12-17H,8-11H2,1-3H3/t15-,16+,17?,35-/m1/s1. The maximum absolute atomic E-state index is 14.7. The fourth-order valence-corrected chi connectivity index (χ4v) is 5.70. The highest BCUT2D eigenvalue weighted by atomic mass is 32.2. The highest BCUT2D eigenvalue weighted by Crippen LogP contribution is 2.40. The third-order valence-electron chi connectivity index (χ3n) is 6.63. The molecule has 1 fully saturated rings. The van der Waals surface area contributed by atoms with Gasteiger partial charge in [-0.15, -0.1) is 0 Å². The lowest BCUT2D eigenvalue weighted by Crippen LogP contribution is -2.20. The normalized spacial score (nSPS) is 21.0. The maximum Gasteiger partial charge on any atom is 0.185 e. The molecule has 35 heavy (non-hydrogen) atoms. The molecule has 1 aliphatic carbocycles. The third kappa shape index (κ3) is 5.53. The van der Waals surface area contributed by atoms with E-state index in [0.717, 1.165) is 42.2 Å². The number of pyridine rings is 2. The Labute approximate surface area is 205 Å². The second-order valence-corrected chi connectivity index (χ2v) is 10.9. The van der Waals surface area contributed by atoms with Gasteiger partial charge >= 0.3 is 0 Å². The smallest absolute Gasteiger partial charge is 0.185 e. The topological polar surface area (TPSA) is 59.9 Å². The fourth-order valence-electron chi connectivity index (χ4n) is 5.16. The molecule has 0 saturated heterocycles. The van der Waals surface area contributed by atoms with Gasteiger partial charge in [0, 0.05) is 40.8 Å². The van der Waals surface area contributed by atoms with Crippen LogP contribution in [0.15, 0.2) is 47.6 Å². The molecule has 2 aromatic heterocycles. The number of hydrogen-bond acceptors (Lipinski definition) is 4. The summed E-state index contributed by atoms with van der Waals surface area (Å²) in [6, 6.07) is 5.92. The molecule has 1 aromatic carbocycles. The first-order chi connectivity index (χ1) is 16.6. The van der Waals surface area contributed by atoms with E-state index >= 15 is 0 Å². The molecule has 3 aromatic rings. The molecule has 0 spiro atoms. The molecule has 1 aliphatic rings. The number of hydrogen-bond donors (Lipinski definition) is 0. The van der Waals surface area contributed by atoms with Crippen LogP contribution in [0.4, 0.5) is 13.2 Å². The van der Waals surface area contributed by atoms with Gasteiger partial charge in [-0.1, -0.05) is 13.8 Å². The van der Waals surface area contributed by atoms with E-state index in [-0.39, 0.29) is 17.0 Å². The van der Waals surface area contributed by atoms with E-state index in [1.54, 1.807) is 12.4 Å². The first-order valence-electron chi connectivity index (χ1n) is 11.6. The lowest BCUT2D eigenvalue weighted by atomic mass is 9.73.